The molecule has 1 aromatic carbocycles. The van der Waals surface area contributed by atoms with Crippen LogP contribution >= 0.6 is 0 Å². The monoisotopic (exact) mass is 297 g/mol. The molecular formula is C12H13N2O5S-. The van der Waals surface area contributed by atoms with Crippen molar-refractivity contribution >= 4 is 27.6 Å². The van der Waals surface area contributed by atoms with E-state index in [1.807, 2.05) is 4.72 Å². The zero-order chi connectivity index (χ0) is 14.9. The summed E-state index contributed by atoms with van der Waals surface area (Å²) in [6, 6.07) is 4.35. The lowest BCUT2D eigenvalue weighted by Crippen LogP contribution is -2.37. The first kappa shape index (κ1) is 14.5. The van der Waals surface area contributed by atoms with E-state index in [9.17, 15) is 23.1 Å². The molecule has 1 heterocycles. The number of carboxylic acids is 1. The fraction of sp³-hybridized carbons (Fsp3) is 0.333. The lowest BCUT2D eigenvalue weighted by molar-refractivity contribution is -0.303. The number of amides is 1. The van der Waals surface area contributed by atoms with E-state index >= 15 is 0 Å². The molecule has 0 aliphatic carbocycles. The van der Waals surface area contributed by atoms with E-state index in [-0.39, 0.29) is 10.8 Å². The summed E-state index contributed by atoms with van der Waals surface area (Å²) in [6.07, 6.45) is 0.568. The lowest BCUT2D eigenvalue weighted by Gasteiger charge is -2.15. The van der Waals surface area contributed by atoms with Gasteiger partial charge in [-0.05, 0) is 30.2 Å². The highest BCUT2D eigenvalue weighted by Crippen LogP contribution is 2.30. The number of anilines is 1. The van der Waals surface area contributed by atoms with E-state index in [4.69, 9.17) is 0 Å². The predicted molar refractivity (Wildman–Crippen MR) is 68.4 cm³/mol. The summed E-state index contributed by atoms with van der Waals surface area (Å²) < 4.78 is 25.7. The summed E-state index contributed by atoms with van der Waals surface area (Å²) in [5, 5.41) is 10.3. The molecule has 0 atom stereocenters. The van der Waals surface area contributed by atoms with Gasteiger partial charge in [0, 0.05) is 19.2 Å². The van der Waals surface area contributed by atoms with E-state index < -0.39 is 22.5 Å². The molecule has 0 fully saturated rings. The highest BCUT2D eigenvalue weighted by molar-refractivity contribution is 7.89. The van der Waals surface area contributed by atoms with Crippen molar-refractivity contribution in [2.75, 3.05) is 18.0 Å². The number of nitrogens with zero attached hydrogens (tertiary/aromatic N) is 1. The van der Waals surface area contributed by atoms with Gasteiger partial charge in [-0.25, -0.2) is 13.1 Å². The van der Waals surface area contributed by atoms with Crippen molar-refractivity contribution in [3.63, 3.8) is 0 Å². The van der Waals surface area contributed by atoms with E-state index in [1.165, 1.54) is 19.1 Å². The highest BCUT2D eigenvalue weighted by atomic mass is 32.2. The Bertz CT molecular complexity index is 668. The first-order valence-electron chi connectivity index (χ1n) is 5.92. The molecule has 2 rings (SSSR count). The largest absolute Gasteiger partial charge is 0.549 e. The normalized spacial score (nSPS) is 14.2. The molecule has 0 aromatic heterocycles. The number of hydrogen-bond donors (Lipinski definition) is 1. The fourth-order valence-electron chi connectivity index (χ4n) is 2.11. The molecule has 0 saturated carbocycles. The van der Waals surface area contributed by atoms with Gasteiger partial charge in [0.15, 0.2) is 0 Å². The van der Waals surface area contributed by atoms with Crippen LogP contribution in [0.4, 0.5) is 5.69 Å². The Morgan fingerprint density at radius 3 is 2.70 bits per heavy atom. The van der Waals surface area contributed by atoms with Gasteiger partial charge in [-0.2, -0.15) is 0 Å². The molecule has 20 heavy (non-hydrogen) atoms. The van der Waals surface area contributed by atoms with Crippen molar-refractivity contribution in [1.29, 1.82) is 0 Å². The maximum atomic E-state index is 11.9. The molecule has 1 N–H and O–H groups in total. The second-order valence-corrected chi connectivity index (χ2v) is 6.17. The number of benzene rings is 1. The SMILES string of the molecule is CC(=O)N1CCc2cc(S(=O)(=O)NCC(=O)[O-])ccc21. The molecule has 1 aliphatic heterocycles. The number of carboxylic acid groups (broad SMARTS) is 1. The summed E-state index contributed by atoms with van der Waals surface area (Å²) in [5.41, 5.74) is 1.44. The minimum Gasteiger partial charge on any atom is -0.549 e. The number of nitrogens with one attached hydrogen (secondary N) is 1. The van der Waals surface area contributed by atoms with Gasteiger partial charge in [-0.15, -0.1) is 0 Å². The van der Waals surface area contributed by atoms with Crippen LogP contribution in [0.5, 0.6) is 0 Å². The summed E-state index contributed by atoms with van der Waals surface area (Å²) >= 11 is 0. The van der Waals surface area contributed by atoms with Crippen molar-refractivity contribution < 1.29 is 23.1 Å². The number of carbonyl (C=O) groups is 2. The maximum Gasteiger partial charge on any atom is 0.240 e. The topological polar surface area (TPSA) is 107 Å². The van der Waals surface area contributed by atoms with E-state index in [2.05, 4.69) is 0 Å². The Morgan fingerprint density at radius 1 is 1.40 bits per heavy atom. The van der Waals surface area contributed by atoms with Gasteiger partial charge in [0.05, 0.1) is 17.4 Å². The Balaban J connectivity index is 2.29. The molecule has 1 amide bonds. The third-order valence-electron chi connectivity index (χ3n) is 3.04. The van der Waals surface area contributed by atoms with Crippen molar-refractivity contribution in [3.8, 4) is 0 Å². The molecule has 0 spiro atoms. The van der Waals surface area contributed by atoms with E-state index in [0.717, 1.165) is 5.56 Å². The zero-order valence-corrected chi connectivity index (χ0v) is 11.6. The fourth-order valence-corrected chi connectivity index (χ4v) is 3.13. The molecule has 7 nitrogen and oxygen atoms in total. The van der Waals surface area contributed by atoms with Crippen LogP contribution in [0.25, 0.3) is 0 Å². The molecule has 1 aliphatic rings. The van der Waals surface area contributed by atoms with Crippen LogP contribution in [0.3, 0.4) is 0 Å². The minimum atomic E-state index is -3.89. The summed E-state index contributed by atoms with van der Waals surface area (Å²) in [5.74, 6) is -1.60. The standard InChI is InChI=1S/C12H14N2O5S/c1-8(15)14-5-4-9-6-10(2-3-11(9)14)20(18,19)13-7-12(16)17/h2-3,6,13H,4-5,7H2,1H3,(H,16,17)/p-1. The van der Waals surface area contributed by atoms with Gasteiger partial charge in [-0.3, -0.25) is 4.79 Å². The van der Waals surface area contributed by atoms with E-state index in [1.54, 1.807) is 11.0 Å². The third-order valence-corrected chi connectivity index (χ3v) is 4.44. The van der Waals surface area contributed by atoms with Crippen molar-refractivity contribution in [1.82, 2.24) is 4.72 Å². The molecule has 108 valence electrons. The quantitative estimate of drug-likeness (QED) is 0.737. The van der Waals surface area contributed by atoms with Gasteiger partial charge in [0.1, 0.15) is 0 Å². The molecule has 8 heteroatoms. The van der Waals surface area contributed by atoms with Crippen LogP contribution in [-0.4, -0.2) is 33.4 Å². The molecule has 0 bridgehead atoms. The van der Waals surface area contributed by atoms with Crippen LogP contribution in [-0.2, 0) is 26.0 Å². The van der Waals surface area contributed by atoms with Crippen LogP contribution < -0.4 is 14.7 Å². The van der Waals surface area contributed by atoms with Crippen LogP contribution in [0.1, 0.15) is 12.5 Å². The predicted octanol–water partition coefficient (Wildman–Crippen LogP) is -1.38. The molecule has 0 unspecified atom stereocenters. The number of aliphatic carboxylic acids is 1. The number of carbonyl (C=O) groups excluding carboxylic acids is 2. The summed E-state index contributed by atoms with van der Waals surface area (Å²) in [6.45, 7) is 1.18. The smallest absolute Gasteiger partial charge is 0.240 e. The highest BCUT2D eigenvalue weighted by Gasteiger charge is 2.24. The van der Waals surface area contributed by atoms with Gasteiger partial charge in [0.2, 0.25) is 15.9 Å². The van der Waals surface area contributed by atoms with Gasteiger partial charge in [0.25, 0.3) is 0 Å². The molecule has 1 aromatic rings. The number of fused-ring (bicyclic) bond motifs is 1. The average Bonchev–Trinajstić information content (AvgIpc) is 2.79. The van der Waals surface area contributed by atoms with E-state index in [0.29, 0.717) is 18.7 Å². The van der Waals surface area contributed by atoms with Crippen LogP contribution in [0, 0.1) is 0 Å². The average molecular weight is 297 g/mol. The Labute approximate surface area is 116 Å². The second-order valence-electron chi connectivity index (χ2n) is 4.41. The van der Waals surface area contributed by atoms with Crippen LogP contribution in [0.2, 0.25) is 0 Å². The van der Waals surface area contributed by atoms with Gasteiger partial charge >= 0.3 is 0 Å². The van der Waals surface area contributed by atoms with Gasteiger partial charge in [-0.1, -0.05) is 0 Å². The summed E-state index contributed by atoms with van der Waals surface area (Å²) in [7, 11) is -3.89. The number of hydrogen-bond acceptors (Lipinski definition) is 5. The maximum absolute atomic E-state index is 11.9. The van der Waals surface area contributed by atoms with Crippen LogP contribution in [0.15, 0.2) is 23.1 Å². The third kappa shape index (κ3) is 2.81. The first-order valence-corrected chi connectivity index (χ1v) is 7.40. The lowest BCUT2D eigenvalue weighted by atomic mass is 10.2. The Kier molecular flexibility index (Phi) is 3.78. The molecular weight excluding hydrogens is 284 g/mol. The Hall–Kier alpha value is -1.93. The zero-order valence-electron chi connectivity index (χ0n) is 10.8. The van der Waals surface area contributed by atoms with Crippen molar-refractivity contribution in [2.24, 2.45) is 0 Å². The molecule has 0 radical (unpaired) electrons. The van der Waals surface area contributed by atoms with Crippen molar-refractivity contribution in [3.05, 3.63) is 23.8 Å². The first-order chi connectivity index (χ1) is 9.31. The minimum absolute atomic E-state index is 0.0251. The second kappa shape index (κ2) is 5.22. The summed E-state index contributed by atoms with van der Waals surface area (Å²) in [4.78, 5) is 23.2. The molecule has 0 saturated heterocycles. The van der Waals surface area contributed by atoms with Gasteiger partial charge < -0.3 is 14.8 Å². The number of rotatable bonds is 4. The Morgan fingerprint density at radius 2 is 2.10 bits per heavy atom. The number of sulfonamides is 1. The van der Waals surface area contributed by atoms with Crippen molar-refractivity contribution in [2.45, 2.75) is 18.2 Å².